The Morgan fingerprint density at radius 1 is 0.906 bits per heavy atom. The van der Waals surface area contributed by atoms with Crippen LogP contribution in [-0.2, 0) is 4.79 Å². The van der Waals surface area contributed by atoms with Gasteiger partial charge < -0.3 is 4.74 Å². The number of nitrogens with zero attached hydrogens (tertiary/aromatic N) is 2. The second-order valence-corrected chi connectivity index (χ2v) is 7.51. The third-order valence-corrected chi connectivity index (χ3v) is 5.39. The maximum absolute atomic E-state index is 12.5. The number of rotatable bonds is 8. The van der Waals surface area contributed by atoms with Crippen LogP contribution in [0.2, 0.25) is 0 Å². The van der Waals surface area contributed by atoms with Crippen molar-refractivity contribution in [2.24, 2.45) is 0 Å². The topological polar surface area (TPSA) is 107 Å². The van der Waals surface area contributed by atoms with Gasteiger partial charge >= 0.3 is 5.97 Å². The van der Waals surface area contributed by atoms with E-state index in [1.54, 1.807) is 6.07 Å². The molecule has 0 N–H and O–H groups in total. The second kappa shape index (κ2) is 8.97. The summed E-state index contributed by atoms with van der Waals surface area (Å²) in [7, 11) is 0. The fourth-order valence-corrected chi connectivity index (χ4v) is 3.80. The van der Waals surface area contributed by atoms with Crippen molar-refractivity contribution >= 4 is 34.2 Å². The Morgan fingerprint density at radius 2 is 1.69 bits per heavy atom. The van der Waals surface area contributed by atoms with Crippen molar-refractivity contribution in [2.75, 3.05) is 6.54 Å². The minimum atomic E-state index is -0.658. The van der Waals surface area contributed by atoms with Gasteiger partial charge in [-0.2, -0.15) is 0 Å². The van der Waals surface area contributed by atoms with E-state index in [1.807, 2.05) is 36.4 Å². The average molecular weight is 432 g/mol. The summed E-state index contributed by atoms with van der Waals surface area (Å²) in [5, 5.41) is 13.2. The van der Waals surface area contributed by atoms with Gasteiger partial charge in [0, 0.05) is 19.0 Å². The number of carbonyl (C=O) groups excluding carboxylic acids is 3. The standard InChI is InChI=1S/C24H20N2O6/c27-21(32-18-13-12-16-7-3-4-8-17(16)15-18)11-2-1-5-14-25-23(28)19-9-6-10-20(26(30)31)22(19)24(25)29/h3-4,6-10,12-13,15H,1-2,5,11,14H2. The van der Waals surface area contributed by atoms with Crippen LogP contribution in [0.5, 0.6) is 5.75 Å². The van der Waals surface area contributed by atoms with Crippen molar-refractivity contribution in [2.45, 2.75) is 25.7 Å². The number of esters is 1. The van der Waals surface area contributed by atoms with Crippen LogP contribution in [-0.4, -0.2) is 34.2 Å². The Kier molecular flexibility index (Phi) is 5.93. The number of fused-ring (bicyclic) bond motifs is 2. The molecular weight excluding hydrogens is 412 g/mol. The number of carbonyl (C=O) groups is 3. The maximum Gasteiger partial charge on any atom is 0.311 e. The summed E-state index contributed by atoms with van der Waals surface area (Å²) in [6, 6.07) is 17.3. The van der Waals surface area contributed by atoms with Crippen LogP contribution >= 0.6 is 0 Å². The number of benzene rings is 3. The number of unbranched alkanes of at least 4 members (excludes halogenated alkanes) is 2. The van der Waals surface area contributed by atoms with Crippen molar-refractivity contribution in [1.29, 1.82) is 0 Å². The van der Waals surface area contributed by atoms with Crippen LogP contribution in [0.3, 0.4) is 0 Å². The van der Waals surface area contributed by atoms with Gasteiger partial charge in [-0.15, -0.1) is 0 Å². The van der Waals surface area contributed by atoms with Gasteiger partial charge in [-0.1, -0.05) is 42.8 Å². The lowest BCUT2D eigenvalue weighted by Crippen LogP contribution is -2.30. The number of ether oxygens (including phenoxy) is 1. The number of hydrogen-bond donors (Lipinski definition) is 0. The van der Waals surface area contributed by atoms with Crippen LogP contribution in [0, 0.1) is 10.1 Å². The molecule has 162 valence electrons. The van der Waals surface area contributed by atoms with Gasteiger partial charge in [0.25, 0.3) is 17.5 Å². The minimum Gasteiger partial charge on any atom is -0.427 e. The van der Waals surface area contributed by atoms with Gasteiger partial charge in [0.1, 0.15) is 11.3 Å². The van der Waals surface area contributed by atoms with E-state index >= 15 is 0 Å². The smallest absolute Gasteiger partial charge is 0.311 e. The normalized spacial score (nSPS) is 12.8. The molecule has 1 aliphatic heterocycles. The third kappa shape index (κ3) is 4.20. The largest absolute Gasteiger partial charge is 0.427 e. The van der Waals surface area contributed by atoms with Crippen LogP contribution in [0.25, 0.3) is 10.8 Å². The van der Waals surface area contributed by atoms with Gasteiger partial charge in [0.05, 0.1) is 10.5 Å². The lowest BCUT2D eigenvalue weighted by Gasteiger charge is -2.13. The fraction of sp³-hybridized carbons (Fsp3) is 0.208. The summed E-state index contributed by atoms with van der Waals surface area (Å²) in [5.74, 6) is -1.03. The van der Waals surface area contributed by atoms with Gasteiger partial charge in [0.15, 0.2) is 0 Å². The first kappa shape index (κ1) is 21.2. The predicted octanol–water partition coefficient (Wildman–Crippen LogP) is 4.51. The molecule has 1 aliphatic rings. The first-order valence-corrected chi connectivity index (χ1v) is 10.3. The number of hydrogen-bond acceptors (Lipinski definition) is 6. The fourth-order valence-electron chi connectivity index (χ4n) is 3.80. The van der Waals surface area contributed by atoms with E-state index in [4.69, 9.17) is 4.74 Å². The maximum atomic E-state index is 12.5. The highest BCUT2D eigenvalue weighted by atomic mass is 16.6. The molecule has 32 heavy (non-hydrogen) atoms. The van der Waals surface area contributed by atoms with Crippen molar-refractivity contribution in [3.8, 4) is 5.75 Å². The number of nitro benzene ring substituents is 1. The minimum absolute atomic E-state index is 0.0585. The number of imide groups is 1. The third-order valence-electron chi connectivity index (χ3n) is 5.39. The summed E-state index contributed by atoms with van der Waals surface area (Å²) in [6.45, 7) is 0.142. The number of nitro groups is 1. The highest BCUT2D eigenvalue weighted by Crippen LogP contribution is 2.31. The molecular formula is C24H20N2O6. The van der Waals surface area contributed by atoms with Crippen molar-refractivity contribution in [3.63, 3.8) is 0 Å². The molecule has 8 nitrogen and oxygen atoms in total. The molecule has 1 heterocycles. The van der Waals surface area contributed by atoms with E-state index in [-0.39, 0.29) is 35.7 Å². The molecule has 0 bridgehead atoms. The van der Waals surface area contributed by atoms with E-state index in [0.29, 0.717) is 25.0 Å². The Hall–Kier alpha value is -4.07. The molecule has 8 heteroatoms. The van der Waals surface area contributed by atoms with Crippen molar-refractivity contribution < 1.29 is 24.0 Å². The van der Waals surface area contributed by atoms with E-state index in [9.17, 15) is 24.5 Å². The molecule has 3 aromatic carbocycles. The summed E-state index contributed by atoms with van der Waals surface area (Å²) >= 11 is 0. The lowest BCUT2D eigenvalue weighted by molar-refractivity contribution is -0.385. The quantitative estimate of drug-likeness (QED) is 0.129. The second-order valence-electron chi connectivity index (χ2n) is 7.51. The van der Waals surface area contributed by atoms with Gasteiger partial charge in [-0.25, -0.2) is 0 Å². The molecule has 0 fully saturated rings. The van der Waals surface area contributed by atoms with Gasteiger partial charge in [-0.3, -0.25) is 29.4 Å². The first-order chi connectivity index (χ1) is 15.5. The van der Waals surface area contributed by atoms with E-state index < -0.39 is 16.7 Å². The predicted molar refractivity (Wildman–Crippen MR) is 117 cm³/mol. The Balaban J connectivity index is 1.25. The van der Waals surface area contributed by atoms with Gasteiger partial charge in [-0.05, 0) is 41.8 Å². The zero-order valence-corrected chi connectivity index (χ0v) is 17.2. The summed E-state index contributed by atoms with van der Waals surface area (Å²) in [6.07, 6.45) is 1.83. The lowest BCUT2D eigenvalue weighted by atomic mass is 10.1. The SMILES string of the molecule is O=C(CCCCCN1C(=O)c2cccc([N+](=O)[O-])c2C1=O)Oc1ccc2ccccc2c1. The molecule has 0 aromatic heterocycles. The highest BCUT2D eigenvalue weighted by Gasteiger charge is 2.40. The molecule has 0 spiro atoms. The molecule has 0 atom stereocenters. The summed E-state index contributed by atoms with van der Waals surface area (Å²) in [4.78, 5) is 48.6. The molecule has 3 aromatic rings. The Labute approximate surface area is 183 Å². The van der Waals surface area contributed by atoms with Crippen molar-refractivity contribution in [1.82, 2.24) is 4.90 Å². The van der Waals surface area contributed by atoms with E-state index in [0.717, 1.165) is 15.7 Å². The molecule has 0 saturated carbocycles. The summed E-state index contributed by atoms with van der Waals surface area (Å²) in [5.41, 5.74) is -0.454. The zero-order valence-electron chi connectivity index (χ0n) is 17.2. The molecule has 0 aliphatic carbocycles. The molecule has 0 radical (unpaired) electrons. The molecule has 0 unspecified atom stereocenters. The number of amides is 2. The molecule has 4 rings (SSSR count). The summed E-state index contributed by atoms with van der Waals surface area (Å²) < 4.78 is 5.39. The van der Waals surface area contributed by atoms with E-state index in [2.05, 4.69) is 0 Å². The average Bonchev–Trinajstić information content (AvgIpc) is 3.03. The molecule has 0 saturated heterocycles. The van der Waals surface area contributed by atoms with Crippen molar-refractivity contribution in [3.05, 3.63) is 81.9 Å². The van der Waals surface area contributed by atoms with Crippen LogP contribution < -0.4 is 4.74 Å². The van der Waals surface area contributed by atoms with Crippen LogP contribution in [0.15, 0.2) is 60.7 Å². The van der Waals surface area contributed by atoms with E-state index in [1.165, 1.54) is 18.2 Å². The van der Waals surface area contributed by atoms with Crippen LogP contribution in [0.4, 0.5) is 5.69 Å². The molecule has 2 amide bonds. The van der Waals surface area contributed by atoms with Gasteiger partial charge in [0.2, 0.25) is 0 Å². The Bertz CT molecular complexity index is 1240. The zero-order chi connectivity index (χ0) is 22.7. The first-order valence-electron chi connectivity index (χ1n) is 10.3. The Morgan fingerprint density at radius 3 is 2.47 bits per heavy atom. The highest BCUT2D eigenvalue weighted by molar-refractivity contribution is 6.23. The van der Waals surface area contributed by atoms with Crippen LogP contribution in [0.1, 0.15) is 46.4 Å². The monoisotopic (exact) mass is 432 g/mol.